The highest BCUT2D eigenvalue weighted by Crippen LogP contribution is 2.39. The Labute approximate surface area is 104 Å². The molecule has 2 unspecified atom stereocenters. The average molecular weight is 233 g/mol. The maximum Gasteiger partial charge on any atom is 0.0795 e. The molecule has 1 aromatic rings. The molecule has 17 heavy (non-hydrogen) atoms. The molecular formula is C15H23NO. The van der Waals surface area contributed by atoms with Crippen molar-refractivity contribution in [1.82, 2.24) is 0 Å². The third-order valence-electron chi connectivity index (χ3n) is 3.57. The molecule has 1 aliphatic rings. The maximum atomic E-state index is 6.33. The van der Waals surface area contributed by atoms with Crippen LogP contribution in [0, 0.1) is 5.92 Å². The van der Waals surface area contributed by atoms with Crippen molar-refractivity contribution in [2.24, 2.45) is 11.7 Å². The number of nitrogens with two attached hydrogens (primary N) is 1. The second kappa shape index (κ2) is 5.65. The molecule has 1 aliphatic carbocycles. The first-order chi connectivity index (χ1) is 8.26. The average Bonchev–Trinajstić information content (AvgIpc) is 3.19. The van der Waals surface area contributed by atoms with Crippen LogP contribution in [-0.2, 0) is 11.2 Å². The molecule has 0 bridgehead atoms. The van der Waals surface area contributed by atoms with Crippen LogP contribution < -0.4 is 5.73 Å². The van der Waals surface area contributed by atoms with Gasteiger partial charge in [-0.05, 0) is 43.2 Å². The largest absolute Gasteiger partial charge is 0.376 e. The first-order valence-corrected chi connectivity index (χ1v) is 6.72. The van der Waals surface area contributed by atoms with Crippen molar-refractivity contribution in [3.63, 3.8) is 0 Å². The fourth-order valence-corrected chi connectivity index (χ4v) is 2.32. The standard InChI is InChI=1S/C15H23NO/c1-3-11-5-7-12(8-6-11)14(16)15(17-4-2)13-9-10-13/h5-8,13-15H,3-4,9-10,16H2,1-2H3. The van der Waals surface area contributed by atoms with E-state index < -0.39 is 0 Å². The summed E-state index contributed by atoms with van der Waals surface area (Å²) in [5, 5.41) is 0. The van der Waals surface area contributed by atoms with E-state index in [-0.39, 0.29) is 12.1 Å². The minimum Gasteiger partial charge on any atom is -0.376 e. The van der Waals surface area contributed by atoms with Crippen molar-refractivity contribution in [2.75, 3.05) is 6.61 Å². The molecule has 2 nitrogen and oxygen atoms in total. The van der Waals surface area contributed by atoms with Crippen LogP contribution >= 0.6 is 0 Å². The first-order valence-electron chi connectivity index (χ1n) is 6.72. The van der Waals surface area contributed by atoms with Gasteiger partial charge in [0.15, 0.2) is 0 Å². The van der Waals surface area contributed by atoms with E-state index in [4.69, 9.17) is 10.5 Å². The quantitative estimate of drug-likeness (QED) is 0.819. The lowest BCUT2D eigenvalue weighted by molar-refractivity contribution is 0.0283. The zero-order valence-corrected chi connectivity index (χ0v) is 10.9. The summed E-state index contributed by atoms with van der Waals surface area (Å²) in [6.45, 7) is 4.96. The summed E-state index contributed by atoms with van der Waals surface area (Å²) in [4.78, 5) is 0. The Morgan fingerprint density at radius 2 is 1.88 bits per heavy atom. The van der Waals surface area contributed by atoms with E-state index in [1.54, 1.807) is 0 Å². The van der Waals surface area contributed by atoms with Gasteiger partial charge in [0.05, 0.1) is 12.1 Å². The Kier molecular flexibility index (Phi) is 4.19. The van der Waals surface area contributed by atoms with Gasteiger partial charge in [-0.1, -0.05) is 31.2 Å². The zero-order chi connectivity index (χ0) is 12.3. The highest BCUT2D eigenvalue weighted by molar-refractivity contribution is 5.26. The summed E-state index contributed by atoms with van der Waals surface area (Å²) < 4.78 is 5.81. The molecule has 2 rings (SSSR count). The molecule has 1 saturated carbocycles. The Bertz CT molecular complexity index is 342. The molecule has 0 heterocycles. The molecule has 0 amide bonds. The van der Waals surface area contributed by atoms with Crippen molar-refractivity contribution in [3.8, 4) is 0 Å². The van der Waals surface area contributed by atoms with E-state index in [0.717, 1.165) is 13.0 Å². The predicted molar refractivity (Wildman–Crippen MR) is 70.9 cm³/mol. The third-order valence-corrected chi connectivity index (χ3v) is 3.57. The molecule has 94 valence electrons. The van der Waals surface area contributed by atoms with Crippen molar-refractivity contribution in [2.45, 2.75) is 45.3 Å². The van der Waals surface area contributed by atoms with Crippen molar-refractivity contribution in [1.29, 1.82) is 0 Å². The van der Waals surface area contributed by atoms with Crippen LogP contribution in [-0.4, -0.2) is 12.7 Å². The van der Waals surface area contributed by atoms with Crippen molar-refractivity contribution < 1.29 is 4.74 Å². The van der Waals surface area contributed by atoms with E-state index in [1.807, 2.05) is 6.92 Å². The van der Waals surface area contributed by atoms with Gasteiger partial charge in [0.1, 0.15) is 0 Å². The summed E-state index contributed by atoms with van der Waals surface area (Å²) in [7, 11) is 0. The lowest BCUT2D eigenvalue weighted by Crippen LogP contribution is -2.30. The second-order valence-electron chi connectivity index (χ2n) is 4.88. The van der Waals surface area contributed by atoms with Gasteiger partial charge < -0.3 is 10.5 Å². The van der Waals surface area contributed by atoms with Crippen LogP contribution in [0.5, 0.6) is 0 Å². The number of ether oxygens (including phenoxy) is 1. The molecule has 1 fully saturated rings. The Balaban J connectivity index is 2.07. The van der Waals surface area contributed by atoms with Crippen LogP contribution in [0.25, 0.3) is 0 Å². The number of hydrogen-bond acceptors (Lipinski definition) is 2. The predicted octanol–water partition coefficient (Wildman–Crippen LogP) is 3.06. The summed E-state index contributed by atoms with van der Waals surface area (Å²) in [5.41, 5.74) is 8.90. The SMILES string of the molecule is CCOC(C1CC1)C(N)c1ccc(CC)cc1. The van der Waals surface area contributed by atoms with Gasteiger partial charge in [-0.3, -0.25) is 0 Å². The first kappa shape index (κ1) is 12.6. The van der Waals surface area contributed by atoms with Crippen LogP contribution in [0.3, 0.4) is 0 Å². The van der Waals surface area contributed by atoms with E-state index in [0.29, 0.717) is 5.92 Å². The highest BCUT2D eigenvalue weighted by atomic mass is 16.5. The van der Waals surface area contributed by atoms with E-state index >= 15 is 0 Å². The fourth-order valence-electron chi connectivity index (χ4n) is 2.32. The number of rotatable bonds is 6. The normalized spacial score (nSPS) is 19.0. The van der Waals surface area contributed by atoms with Gasteiger partial charge in [0, 0.05) is 6.61 Å². The molecule has 0 aromatic heterocycles. The maximum absolute atomic E-state index is 6.33. The van der Waals surface area contributed by atoms with Gasteiger partial charge in [-0.25, -0.2) is 0 Å². The van der Waals surface area contributed by atoms with Gasteiger partial charge in [0.25, 0.3) is 0 Å². The number of benzene rings is 1. The summed E-state index contributed by atoms with van der Waals surface area (Å²) in [5.74, 6) is 0.677. The topological polar surface area (TPSA) is 35.2 Å². The van der Waals surface area contributed by atoms with E-state index in [2.05, 4.69) is 31.2 Å². The van der Waals surface area contributed by atoms with Gasteiger partial charge in [-0.15, -0.1) is 0 Å². The summed E-state index contributed by atoms with van der Waals surface area (Å²) >= 11 is 0. The third kappa shape index (κ3) is 3.08. The molecule has 0 radical (unpaired) electrons. The second-order valence-corrected chi connectivity index (χ2v) is 4.88. The summed E-state index contributed by atoms with van der Waals surface area (Å²) in [6, 6.07) is 8.67. The Morgan fingerprint density at radius 3 is 2.35 bits per heavy atom. The lowest BCUT2D eigenvalue weighted by Gasteiger charge is -2.24. The Hall–Kier alpha value is -0.860. The van der Waals surface area contributed by atoms with Gasteiger partial charge in [0.2, 0.25) is 0 Å². The monoisotopic (exact) mass is 233 g/mol. The molecule has 1 aromatic carbocycles. The molecule has 0 spiro atoms. The van der Waals surface area contributed by atoms with E-state index in [9.17, 15) is 0 Å². The molecular weight excluding hydrogens is 210 g/mol. The minimum atomic E-state index is 0.0216. The van der Waals surface area contributed by atoms with E-state index in [1.165, 1.54) is 24.0 Å². The summed E-state index contributed by atoms with van der Waals surface area (Å²) in [6.07, 6.45) is 3.82. The minimum absolute atomic E-state index is 0.0216. The molecule has 2 N–H and O–H groups in total. The lowest BCUT2D eigenvalue weighted by atomic mass is 9.97. The Morgan fingerprint density at radius 1 is 1.24 bits per heavy atom. The smallest absolute Gasteiger partial charge is 0.0795 e. The number of aryl methyl sites for hydroxylation is 1. The zero-order valence-electron chi connectivity index (χ0n) is 10.9. The highest BCUT2D eigenvalue weighted by Gasteiger charge is 2.36. The van der Waals surface area contributed by atoms with Gasteiger partial charge >= 0.3 is 0 Å². The molecule has 2 heteroatoms. The van der Waals surface area contributed by atoms with Crippen LogP contribution in [0.4, 0.5) is 0 Å². The molecule has 0 aliphatic heterocycles. The fraction of sp³-hybridized carbons (Fsp3) is 0.600. The van der Waals surface area contributed by atoms with Crippen LogP contribution in [0.15, 0.2) is 24.3 Å². The van der Waals surface area contributed by atoms with Crippen LogP contribution in [0.2, 0.25) is 0 Å². The molecule has 2 atom stereocenters. The number of hydrogen-bond donors (Lipinski definition) is 1. The van der Waals surface area contributed by atoms with Crippen molar-refractivity contribution in [3.05, 3.63) is 35.4 Å². The molecule has 0 saturated heterocycles. The van der Waals surface area contributed by atoms with Crippen molar-refractivity contribution >= 4 is 0 Å². The van der Waals surface area contributed by atoms with Crippen LogP contribution in [0.1, 0.15) is 43.9 Å². The van der Waals surface area contributed by atoms with Gasteiger partial charge in [-0.2, -0.15) is 0 Å².